The second-order valence-electron chi connectivity index (χ2n) is 5.83. The van der Waals surface area contributed by atoms with Crippen LogP contribution < -0.4 is 10.6 Å². The van der Waals surface area contributed by atoms with Crippen LogP contribution in [-0.4, -0.2) is 22.8 Å². The average Bonchev–Trinajstić information content (AvgIpc) is 2.89. The highest BCUT2D eigenvalue weighted by Gasteiger charge is 2.25. The molecule has 0 aliphatic carbocycles. The van der Waals surface area contributed by atoms with E-state index in [9.17, 15) is 9.59 Å². The number of aryl methyl sites for hydroxylation is 2. The zero-order valence-corrected chi connectivity index (χ0v) is 14.5. The lowest BCUT2D eigenvalue weighted by atomic mass is 10.0. The highest BCUT2D eigenvalue weighted by atomic mass is 32.1. The summed E-state index contributed by atoms with van der Waals surface area (Å²) in [5.41, 5.74) is 1.55. The number of nitrogens with zero attached hydrogens (tertiary/aromatic N) is 1. The molecular weight excluding hydrogens is 310 g/mol. The molecule has 2 aromatic rings. The minimum Gasteiger partial charge on any atom is -0.340 e. The maximum Gasteiger partial charge on any atom is 0.251 e. The largest absolute Gasteiger partial charge is 0.340 e. The lowest BCUT2D eigenvalue weighted by Crippen LogP contribution is -2.47. The first kappa shape index (κ1) is 17.1. The number of benzene rings is 1. The number of rotatable bonds is 5. The van der Waals surface area contributed by atoms with E-state index in [1.54, 1.807) is 18.3 Å². The van der Waals surface area contributed by atoms with E-state index in [1.807, 2.05) is 39.8 Å². The van der Waals surface area contributed by atoms with Gasteiger partial charge < -0.3 is 10.6 Å². The normalized spacial score (nSPS) is 12.0. The first-order chi connectivity index (χ1) is 10.9. The molecular formula is C17H21N3O2S. The zero-order chi connectivity index (χ0) is 17.0. The van der Waals surface area contributed by atoms with E-state index in [-0.39, 0.29) is 17.7 Å². The Kier molecular flexibility index (Phi) is 5.50. The average molecular weight is 331 g/mol. The van der Waals surface area contributed by atoms with Crippen LogP contribution in [0.4, 0.5) is 5.13 Å². The van der Waals surface area contributed by atoms with Crippen molar-refractivity contribution in [1.29, 1.82) is 0 Å². The Morgan fingerprint density at radius 1 is 1.22 bits per heavy atom. The Bertz CT molecular complexity index is 709. The van der Waals surface area contributed by atoms with Crippen LogP contribution in [0.1, 0.15) is 34.6 Å². The zero-order valence-electron chi connectivity index (χ0n) is 13.7. The van der Waals surface area contributed by atoms with Gasteiger partial charge in [-0.25, -0.2) is 4.98 Å². The number of hydrogen-bond acceptors (Lipinski definition) is 4. The third-order valence-electron chi connectivity index (χ3n) is 3.37. The molecule has 1 heterocycles. The van der Waals surface area contributed by atoms with Gasteiger partial charge in [-0.2, -0.15) is 0 Å². The van der Waals surface area contributed by atoms with Gasteiger partial charge in [0.15, 0.2) is 5.13 Å². The third-order valence-corrected chi connectivity index (χ3v) is 4.20. The second kappa shape index (κ2) is 7.37. The molecule has 6 heteroatoms. The van der Waals surface area contributed by atoms with E-state index in [0.29, 0.717) is 10.7 Å². The SMILES string of the molecule is Cc1cccc(C(=O)N[C@@H](C(=O)Nc2ncc(C)s2)C(C)C)c1. The van der Waals surface area contributed by atoms with E-state index in [0.717, 1.165) is 10.4 Å². The van der Waals surface area contributed by atoms with Crippen LogP contribution in [0.25, 0.3) is 0 Å². The van der Waals surface area contributed by atoms with Gasteiger partial charge in [-0.15, -0.1) is 11.3 Å². The van der Waals surface area contributed by atoms with Crippen molar-refractivity contribution < 1.29 is 9.59 Å². The number of aromatic nitrogens is 1. The van der Waals surface area contributed by atoms with Crippen LogP contribution >= 0.6 is 11.3 Å². The van der Waals surface area contributed by atoms with Crippen molar-refractivity contribution in [2.75, 3.05) is 5.32 Å². The molecule has 0 saturated carbocycles. The molecule has 23 heavy (non-hydrogen) atoms. The van der Waals surface area contributed by atoms with E-state index >= 15 is 0 Å². The highest BCUT2D eigenvalue weighted by molar-refractivity contribution is 7.15. The predicted octanol–water partition coefficient (Wildman–Crippen LogP) is 3.15. The van der Waals surface area contributed by atoms with Gasteiger partial charge in [0.1, 0.15) is 6.04 Å². The van der Waals surface area contributed by atoms with Crippen molar-refractivity contribution in [1.82, 2.24) is 10.3 Å². The highest BCUT2D eigenvalue weighted by Crippen LogP contribution is 2.17. The lowest BCUT2D eigenvalue weighted by Gasteiger charge is -2.21. The van der Waals surface area contributed by atoms with Crippen molar-refractivity contribution in [3.05, 3.63) is 46.5 Å². The van der Waals surface area contributed by atoms with E-state index in [1.165, 1.54) is 11.3 Å². The summed E-state index contributed by atoms with van der Waals surface area (Å²) in [6, 6.07) is 6.67. The summed E-state index contributed by atoms with van der Waals surface area (Å²) in [7, 11) is 0. The summed E-state index contributed by atoms with van der Waals surface area (Å²) in [5, 5.41) is 6.12. The summed E-state index contributed by atoms with van der Waals surface area (Å²) < 4.78 is 0. The molecule has 0 radical (unpaired) electrons. The number of thiazole rings is 1. The van der Waals surface area contributed by atoms with E-state index < -0.39 is 6.04 Å². The molecule has 0 aliphatic rings. The number of anilines is 1. The molecule has 1 aromatic heterocycles. The minimum atomic E-state index is -0.618. The maximum absolute atomic E-state index is 12.4. The Morgan fingerprint density at radius 2 is 1.96 bits per heavy atom. The van der Waals surface area contributed by atoms with Crippen molar-refractivity contribution >= 4 is 28.3 Å². The Hall–Kier alpha value is -2.21. The Labute approximate surface area is 140 Å². The molecule has 2 amide bonds. The summed E-state index contributed by atoms with van der Waals surface area (Å²) in [5.74, 6) is -0.543. The van der Waals surface area contributed by atoms with Gasteiger partial charge in [-0.05, 0) is 31.9 Å². The standard InChI is InChI=1S/C17H21N3O2S/c1-10(2)14(16(22)20-17-18-9-12(4)23-17)19-15(21)13-7-5-6-11(3)8-13/h5-10,14H,1-4H3,(H,19,21)(H,18,20,22)/t14-/m1/s1. The fraction of sp³-hybridized carbons (Fsp3) is 0.353. The fourth-order valence-electron chi connectivity index (χ4n) is 2.14. The second-order valence-corrected chi connectivity index (χ2v) is 7.06. The predicted molar refractivity (Wildman–Crippen MR) is 92.8 cm³/mol. The monoisotopic (exact) mass is 331 g/mol. The Balaban J connectivity index is 2.09. The molecule has 0 spiro atoms. The van der Waals surface area contributed by atoms with Crippen LogP contribution in [0.3, 0.4) is 0 Å². The van der Waals surface area contributed by atoms with Gasteiger partial charge in [0, 0.05) is 16.6 Å². The topological polar surface area (TPSA) is 71.1 Å². The summed E-state index contributed by atoms with van der Waals surface area (Å²) in [6.07, 6.45) is 1.70. The number of carbonyl (C=O) groups is 2. The molecule has 5 nitrogen and oxygen atoms in total. The molecule has 2 N–H and O–H groups in total. The van der Waals surface area contributed by atoms with Crippen LogP contribution in [0, 0.1) is 19.8 Å². The van der Waals surface area contributed by atoms with Crippen molar-refractivity contribution in [2.45, 2.75) is 33.7 Å². The molecule has 0 aliphatic heterocycles. The van der Waals surface area contributed by atoms with Crippen molar-refractivity contribution in [3.63, 3.8) is 0 Å². The quantitative estimate of drug-likeness (QED) is 0.884. The van der Waals surface area contributed by atoms with Crippen LogP contribution in [0.5, 0.6) is 0 Å². The van der Waals surface area contributed by atoms with Gasteiger partial charge in [-0.1, -0.05) is 31.5 Å². The van der Waals surface area contributed by atoms with Gasteiger partial charge in [0.05, 0.1) is 0 Å². The molecule has 122 valence electrons. The van der Waals surface area contributed by atoms with Crippen molar-refractivity contribution in [2.24, 2.45) is 5.92 Å². The molecule has 1 aromatic carbocycles. The maximum atomic E-state index is 12.4. The van der Waals surface area contributed by atoms with Gasteiger partial charge in [0.2, 0.25) is 5.91 Å². The third kappa shape index (κ3) is 4.63. The van der Waals surface area contributed by atoms with Crippen LogP contribution in [0.2, 0.25) is 0 Å². The summed E-state index contributed by atoms with van der Waals surface area (Å²) in [6.45, 7) is 7.64. The van der Waals surface area contributed by atoms with Crippen LogP contribution in [-0.2, 0) is 4.79 Å². The first-order valence-corrected chi connectivity index (χ1v) is 8.29. The molecule has 0 unspecified atom stereocenters. The van der Waals surface area contributed by atoms with Gasteiger partial charge >= 0.3 is 0 Å². The first-order valence-electron chi connectivity index (χ1n) is 7.47. The summed E-state index contributed by atoms with van der Waals surface area (Å²) in [4.78, 5) is 29.9. The lowest BCUT2D eigenvalue weighted by molar-refractivity contribution is -0.118. The molecule has 0 bridgehead atoms. The molecule has 0 fully saturated rings. The smallest absolute Gasteiger partial charge is 0.251 e. The molecule has 1 atom stereocenters. The van der Waals surface area contributed by atoms with E-state index in [4.69, 9.17) is 0 Å². The molecule has 0 saturated heterocycles. The summed E-state index contributed by atoms with van der Waals surface area (Å²) >= 11 is 1.41. The number of amides is 2. The number of carbonyl (C=O) groups excluding carboxylic acids is 2. The number of nitrogens with one attached hydrogen (secondary N) is 2. The molecule has 2 rings (SSSR count). The minimum absolute atomic E-state index is 0.0372. The van der Waals surface area contributed by atoms with E-state index in [2.05, 4.69) is 15.6 Å². The number of hydrogen-bond donors (Lipinski definition) is 2. The Morgan fingerprint density at radius 3 is 2.52 bits per heavy atom. The van der Waals surface area contributed by atoms with Gasteiger partial charge in [-0.3, -0.25) is 9.59 Å². The van der Waals surface area contributed by atoms with Crippen molar-refractivity contribution in [3.8, 4) is 0 Å². The fourth-order valence-corrected chi connectivity index (χ4v) is 2.81. The van der Waals surface area contributed by atoms with Gasteiger partial charge in [0.25, 0.3) is 5.91 Å². The van der Waals surface area contributed by atoms with Crippen LogP contribution in [0.15, 0.2) is 30.5 Å².